The molecule has 3 saturated heterocycles. The van der Waals surface area contributed by atoms with E-state index in [0.717, 1.165) is 42.1 Å². The Morgan fingerprint density at radius 3 is 2.72 bits per heavy atom. The number of nitrogens with two attached hydrogens (primary N) is 1. The number of benzene rings is 1. The number of amides is 2. The van der Waals surface area contributed by atoms with Crippen LogP contribution in [0.15, 0.2) is 30.5 Å². The molecule has 2 amide bonds. The van der Waals surface area contributed by atoms with Crippen molar-refractivity contribution in [1.82, 2.24) is 19.8 Å². The van der Waals surface area contributed by atoms with Gasteiger partial charge in [0.2, 0.25) is 0 Å². The van der Waals surface area contributed by atoms with Gasteiger partial charge in [0.25, 0.3) is 0 Å². The number of pyridine rings is 1. The van der Waals surface area contributed by atoms with Gasteiger partial charge >= 0.3 is 11.8 Å². The minimum atomic E-state index is -0.643. The summed E-state index contributed by atoms with van der Waals surface area (Å²) in [6.45, 7) is 5.75. The SMILES string of the molecule is CCc1cc(NC(=O)C(=O)N2C[C@@H](C)CC[C@@H]2c2ccc3sc(C45CCC(CC4)N(C)C5)nc3c2)cnc1N. The summed E-state index contributed by atoms with van der Waals surface area (Å²) in [5.74, 6) is -0.387. The van der Waals surface area contributed by atoms with E-state index in [0.29, 0.717) is 30.4 Å². The maximum absolute atomic E-state index is 13.5. The van der Waals surface area contributed by atoms with Crippen LogP contribution in [0.25, 0.3) is 10.2 Å². The number of carbonyl (C=O) groups excluding carboxylic acids is 2. The van der Waals surface area contributed by atoms with Crippen LogP contribution in [0.1, 0.15) is 74.5 Å². The summed E-state index contributed by atoms with van der Waals surface area (Å²) in [6, 6.07) is 8.80. The Bertz CT molecular complexity index is 1410. The number of hydrogen-bond donors (Lipinski definition) is 2. The molecular formula is C30H38N6O2S. The summed E-state index contributed by atoms with van der Waals surface area (Å²) < 4.78 is 1.20. The van der Waals surface area contributed by atoms with E-state index in [1.807, 2.05) is 18.3 Å². The van der Waals surface area contributed by atoms with Gasteiger partial charge in [-0.15, -0.1) is 11.3 Å². The fourth-order valence-electron chi connectivity index (χ4n) is 6.93. The summed E-state index contributed by atoms with van der Waals surface area (Å²) in [7, 11) is 2.25. The highest BCUT2D eigenvalue weighted by Crippen LogP contribution is 2.48. The molecule has 0 unspecified atom stereocenters. The number of aromatic nitrogens is 2. The highest BCUT2D eigenvalue weighted by Gasteiger charge is 2.46. The van der Waals surface area contributed by atoms with E-state index in [1.165, 1.54) is 41.6 Å². The van der Waals surface area contributed by atoms with Gasteiger partial charge in [0.15, 0.2) is 0 Å². The molecule has 1 aliphatic carbocycles. The molecule has 2 aromatic heterocycles. The summed E-state index contributed by atoms with van der Waals surface area (Å²) in [6.07, 6.45) is 8.97. The van der Waals surface area contributed by atoms with Crippen LogP contribution < -0.4 is 11.1 Å². The molecule has 3 aliphatic heterocycles. The molecule has 0 radical (unpaired) electrons. The van der Waals surface area contributed by atoms with Crippen molar-refractivity contribution in [3.63, 3.8) is 0 Å². The first-order valence-corrected chi connectivity index (χ1v) is 15.1. The molecule has 4 fully saturated rings. The van der Waals surface area contributed by atoms with Crippen LogP contribution in [0.3, 0.4) is 0 Å². The van der Waals surface area contributed by atoms with Crippen LogP contribution in [-0.2, 0) is 21.4 Å². The monoisotopic (exact) mass is 546 g/mol. The highest BCUT2D eigenvalue weighted by molar-refractivity contribution is 7.18. The number of nitrogens with zero attached hydrogens (tertiary/aromatic N) is 4. The fourth-order valence-corrected chi connectivity index (χ4v) is 8.11. The van der Waals surface area contributed by atoms with E-state index in [9.17, 15) is 9.59 Å². The molecule has 0 spiro atoms. The van der Waals surface area contributed by atoms with Crippen molar-refractivity contribution in [3.8, 4) is 0 Å². The molecule has 5 heterocycles. The van der Waals surface area contributed by atoms with Gasteiger partial charge in [-0.05, 0) is 87.2 Å². The third-order valence-corrected chi connectivity index (χ3v) is 10.5. The number of fused-ring (bicyclic) bond motifs is 4. The number of hydrogen-bond acceptors (Lipinski definition) is 7. The van der Waals surface area contributed by atoms with Gasteiger partial charge in [-0.1, -0.05) is 19.9 Å². The fraction of sp³-hybridized carbons (Fsp3) is 0.533. The van der Waals surface area contributed by atoms with Crippen LogP contribution in [0.5, 0.6) is 0 Å². The standard InChI is InChI=1S/C30H38N6O2S/c1-4-19-13-21(15-32-26(19)31)33-27(37)28(38)36-16-18(2)5-7-24(36)20-6-8-25-23(14-20)34-29(39-25)30-11-9-22(10-12-30)35(3)17-30/h6,8,13-15,18,22,24H,4-5,7,9-12,16-17H2,1-3H3,(H2,31,32)(H,33,37)/t18-,22?,24+,30?/m0/s1. The zero-order valence-corrected chi connectivity index (χ0v) is 23.9. The van der Waals surface area contributed by atoms with Crippen molar-refractivity contribution in [2.75, 3.05) is 31.2 Å². The van der Waals surface area contributed by atoms with E-state index in [4.69, 9.17) is 10.7 Å². The lowest BCUT2D eigenvalue weighted by Crippen LogP contribution is -2.54. The molecule has 3 aromatic rings. The Morgan fingerprint density at radius 1 is 1.18 bits per heavy atom. The number of nitrogens with one attached hydrogen (secondary N) is 1. The largest absolute Gasteiger partial charge is 0.383 e. The zero-order chi connectivity index (χ0) is 27.3. The summed E-state index contributed by atoms with van der Waals surface area (Å²) in [5.41, 5.74) is 9.46. The van der Waals surface area contributed by atoms with Crippen LogP contribution >= 0.6 is 11.3 Å². The Kier molecular flexibility index (Phi) is 6.83. The Hall–Kier alpha value is -3.04. The molecule has 1 saturated carbocycles. The predicted molar refractivity (Wildman–Crippen MR) is 156 cm³/mol. The van der Waals surface area contributed by atoms with Crippen molar-refractivity contribution < 1.29 is 9.59 Å². The van der Waals surface area contributed by atoms with Gasteiger partial charge in [-0.2, -0.15) is 0 Å². The number of piperidine rings is 3. The smallest absolute Gasteiger partial charge is 0.313 e. The Morgan fingerprint density at radius 2 is 1.97 bits per heavy atom. The van der Waals surface area contributed by atoms with Crippen LogP contribution in [0.2, 0.25) is 0 Å². The lowest BCUT2D eigenvalue weighted by atomic mass is 9.68. The molecule has 2 atom stereocenters. The minimum absolute atomic E-state index is 0.154. The lowest BCUT2D eigenvalue weighted by Gasteiger charge is -2.50. The van der Waals surface area contributed by atoms with Crippen molar-refractivity contribution in [2.24, 2.45) is 5.92 Å². The van der Waals surface area contributed by atoms with E-state index < -0.39 is 11.8 Å². The number of rotatable bonds is 4. The van der Waals surface area contributed by atoms with Crippen molar-refractivity contribution in [2.45, 2.75) is 76.3 Å². The summed E-state index contributed by atoms with van der Waals surface area (Å²) >= 11 is 1.83. The number of aryl methyl sites for hydroxylation is 1. The second-order valence-corrected chi connectivity index (χ2v) is 12.9. The quantitative estimate of drug-likeness (QED) is 0.451. The molecule has 206 valence electrons. The van der Waals surface area contributed by atoms with Gasteiger partial charge in [0, 0.05) is 24.5 Å². The van der Waals surface area contributed by atoms with Gasteiger partial charge < -0.3 is 20.9 Å². The van der Waals surface area contributed by atoms with E-state index in [1.54, 1.807) is 11.0 Å². The number of likely N-dealkylation sites (tertiary alicyclic amines) is 1. The molecule has 2 bridgehead atoms. The first kappa shape index (κ1) is 26.2. The highest BCUT2D eigenvalue weighted by atomic mass is 32.1. The molecule has 8 nitrogen and oxygen atoms in total. The average Bonchev–Trinajstić information content (AvgIpc) is 3.38. The van der Waals surface area contributed by atoms with Gasteiger partial charge in [0.1, 0.15) is 10.8 Å². The van der Waals surface area contributed by atoms with Crippen molar-refractivity contribution in [3.05, 3.63) is 46.6 Å². The van der Waals surface area contributed by atoms with Crippen LogP contribution in [-0.4, -0.2) is 57.8 Å². The third-order valence-electron chi connectivity index (χ3n) is 9.25. The number of carbonyl (C=O) groups is 2. The summed E-state index contributed by atoms with van der Waals surface area (Å²) in [4.78, 5) is 40.2. The normalized spacial score (nSPS) is 27.2. The molecule has 3 N–H and O–H groups in total. The van der Waals surface area contributed by atoms with Gasteiger partial charge in [-0.3, -0.25) is 9.59 Å². The molecule has 4 aliphatic rings. The number of thiazole rings is 1. The average molecular weight is 547 g/mol. The van der Waals surface area contributed by atoms with Crippen molar-refractivity contribution >= 4 is 44.9 Å². The maximum atomic E-state index is 13.5. The Labute approximate surface area is 234 Å². The zero-order valence-electron chi connectivity index (χ0n) is 23.1. The number of likely N-dealkylation sites (N-methyl/N-ethyl adjacent to an activating group) is 1. The molecule has 9 heteroatoms. The first-order valence-electron chi connectivity index (χ1n) is 14.2. The van der Waals surface area contributed by atoms with Gasteiger partial charge in [0.05, 0.1) is 28.1 Å². The maximum Gasteiger partial charge on any atom is 0.313 e. The van der Waals surface area contributed by atoms with E-state index in [2.05, 4.69) is 47.4 Å². The first-order chi connectivity index (χ1) is 18.8. The predicted octanol–water partition coefficient (Wildman–Crippen LogP) is 4.90. The minimum Gasteiger partial charge on any atom is -0.383 e. The second-order valence-electron chi connectivity index (χ2n) is 11.9. The molecular weight excluding hydrogens is 508 g/mol. The molecule has 39 heavy (non-hydrogen) atoms. The Balaban J connectivity index is 1.25. The third kappa shape index (κ3) is 4.80. The lowest BCUT2D eigenvalue weighted by molar-refractivity contribution is -0.146. The van der Waals surface area contributed by atoms with E-state index >= 15 is 0 Å². The van der Waals surface area contributed by atoms with Gasteiger partial charge in [-0.25, -0.2) is 9.97 Å². The van der Waals surface area contributed by atoms with Crippen LogP contribution in [0.4, 0.5) is 11.5 Å². The molecule has 7 rings (SSSR count). The second kappa shape index (κ2) is 10.2. The summed E-state index contributed by atoms with van der Waals surface area (Å²) in [5, 5.41) is 4.01. The number of anilines is 2. The molecule has 1 aromatic carbocycles. The topological polar surface area (TPSA) is 104 Å². The van der Waals surface area contributed by atoms with Crippen molar-refractivity contribution in [1.29, 1.82) is 0 Å². The number of nitrogen functional groups attached to an aromatic ring is 1. The van der Waals surface area contributed by atoms with Crippen LogP contribution in [0, 0.1) is 5.92 Å². The van der Waals surface area contributed by atoms with E-state index in [-0.39, 0.29) is 11.5 Å².